The van der Waals surface area contributed by atoms with E-state index in [4.69, 9.17) is 26.9 Å². The number of rotatable bonds is 5. The average molecular weight is 305 g/mol. The minimum Gasteiger partial charge on any atom is -0.493 e. The first-order valence-corrected chi connectivity index (χ1v) is 7.25. The molecule has 0 bridgehead atoms. The molecule has 1 atom stereocenters. The van der Waals surface area contributed by atoms with Crippen LogP contribution in [0.5, 0.6) is 11.5 Å². The van der Waals surface area contributed by atoms with Crippen LogP contribution < -0.4 is 20.7 Å². The summed E-state index contributed by atoms with van der Waals surface area (Å²) in [6, 6.07) is 13.3. The van der Waals surface area contributed by atoms with Gasteiger partial charge < -0.3 is 9.47 Å². The molecule has 1 heterocycles. The quantitative estimate of drug-likeness (QED) is 0.659. The first kappa shape index (κ1) is 14.2. The lowest BCUT2D eigenvalue weighted by molar-refractivity contribution is 0.262. The Hall–Kier alpha value is -1.75. The first-order valence-electron chi connectivity index (χ1n) is 6.87. The second-order valence-corrected chi connectivity index (χ2v) is 5.35. The van der Waals surface area contributed by atoms with E-state index >= 15 is 0 Å². The van der Waals surface area contributed by atoms with E-state index in [1.807, 2.05) is 24.3 Å². The van der Waals surface area contributed by atoms with E-state index in [0.717, 1.165) is 30.1 Å². The highest BCUT2D eigenvalue weighted by molar-refractivity contribution is 6.30. The second kappa shape index (κ2) is 6.35. The summed E-state index contributed by atoms with van der Waals surface area (Å²) in [6.45, 7) is 1.14. The van der Waals surface area contributed by atoms with Gasteiger partial charge in [0.25, 0.3) is 0 Å². The molecule has 1 unspecified atom stereocenters. The van der Waals surface area contributed by atoms with Gasteiger partial charge in [-0.05, 0) is 29.8 Å². The lowest BCUT2D eigenvalue weighted by atomic mass is 10.0. The molecule has 0 saturated heterocycles. The topological polar surface area (TPSA) is 56.5 Å². The largest absolute Gasteiger partial charge is 0.493 e. The number of para-hydroxylation sites is 1. The molecule has 0 amide bonds. The molecule has 0 saturated carbocycles. The van der Waals surface area contributed by atoms with Gasteiger partial charge in [0.2, 0.25) is 0 Å². The van der Waals surface area contributed by atoms with Crippen LogP contribution in [0.2, 0.25) is 5.02 Å². The van der Waals surface area contributed by atoms with Crippen molar-refractivity contribution in [2.24, 2.45) is 5.84 Å². The molecule has 0 aromatic heterocycles. The van der Waals surface area contributed by atoms with Crippen LogP contribution in [0.15, 0.2) is 42.5 Å². The van der Waals surface area contributed by atoms with Crippen molar-refractivity contribution in [2.75, 3.05) is 13.2 Å². The molecule has 0 aliphatic carbocycles. The summed E-state index contributed by atoms with van der Waals surface area (Å²) in [6.07, 6.45) is 0.943. The molecule has 0 spiro atoms. The van der Waals surface area contributed by atoms with Crippen LogP contribution in [0.1, 0.15) is 17.2 Å². The fraction of sp³-hybridized carbons (Fsp3) is 0.250. The number of ether oxygens (including phenoxy) is 2. The molecular weight excluding hydrogens is 288 g/mol. The van der Waals surface area contributed by atoms with Crippen LogP contribution in [-0.2, 0) is 6.42 Å². The van der Waals surface area contributed by atoms with Gasteiger partial charge in [0.1, 0.15) is 18.1 Å². The third-order valence-electron chi connectivity index (χ3n) is 3.55. The van der Waals surface area contributed by atoms with Crippen molar-refractivity contribution < 1.29 is 9.47 Å². The Morgan fingerprint density at radius 1 is 1.24 bits per heavy atom. The zero-order valence-corrected chi connectivity index (χ0v) is 12.3. The number of benzene rings is 2. The minimum absolute atomic E-state index is 0.131. The Morgan fingerprint density at radius 3 is 2.81 bits per heavy atom. The van der Waals surface area contributed by atoms with Crippen LogP contribution >= 0.6 is 11.6 Å². The van der Waals surface area contributed by atoms with Crippen LogP contribution in [0.4, 0.5) is 0 Å². The monoisotopic (exact) mass is 304 g/mol. The summed E-state index contributed by atoms with van der Waals surface area (Å²) in [7, 11) is 0. The molecular formula is C16H17ClN2O2. The molecule has 3 rings (SSSR count). The number of hydrazine groups is 1. The van der Waals surface area contributed by atoms with Gasteiger partial charge >= 0.3 is 0 Å². The maximum atomic E-state index is 5.86. The summed E-state index contributed by atoms with van der Waals surface area (Å²) < 4.78 is 11.5. The van der Waals surface area contributed by atoms with Gasteiger partial charge in [0.15, 0.2) is 0 Å². The summed E-state index contributed by atoms with van der Waals surface area (Å²) in [4.78, 5) is 0. The van der Waals surface area contributed by atoms with Gasteiger partial charge in [-0.1, -0.05) is 29.8 Å². The molecule has 1 aliphatic rings. The Morgan fingerprint density at radius 2 is 2.05 bits per heavy atom. The van der Waals surface area contributed by atoms with Gasteiger partial charge in [-0.2, -0.15) is 0 Å². The van der Waals surface area contributed by atoms with Crippen LogP contribution in [0, 0.1) is 0 Å². The highest BCUT2D eigenvalue weighted by Crippen LogP contribution is 2.33. The molecule has 21 heavy (non-hydrogen) atoms. The van der Waals surface area contributed by atoms with Crippen LogP contribution in [0.3, 0.4) is 0 Å². The number of hydrogen-bond donors (Lipinski definition) is 2. The van der Waals surface area contributed by atoms with Crippen molar-refractivity contribution in [3.8, 4) is 11.5 Å². The normalized spacial score (nSPS) is 14.4. The van der Waals surface area contributed by atoms with Crippen molar-refractivity contribution in [3.63, 3.8) is 0 Å². The summed E-state index contributed by atoms with van der Waals surface area (Å²) in [5, 5.41) is 0.685. The number of halogens is 1. The Balaban J connectivity index is 1.74. The average Bonchev–Trinajstić information content (AvgIpc) is 2.99. The van der Waals surface area contributed by atoms with E-state index in [0.29, 0.717) is 11.6 Å². The third-order valence-corrected chi connectivity index (χ3v) is 3.80. The smallest absolute Gasteiger partial charge is 0.127 e. The molecule has 0 radical (unpaired) electrons. The number of nitrogens with two attached hydrogens (primary N) is 1. The first-order chi connectivity index (χ1) is 10.3. The van der Waals surface area contributed by atoms with E-state index in [1.54, 1.807) is 12.1 Å². The standard InChI is InChI=1S/C16H17ClN2O2/c17-12-4-6-13(7-5-12)21-10-15(19-18)14-3-1-2-11-8-9-20-16(11)14/h1-7,15,19H,8-10,18H2. The highest BCUT2D eigenvalue weighted by atomic mass is 35.5. The maximum absolute atomic E-state index is 5.86. The van der Waals surface area contributed by atoms with Gasteiger partial charge in [0.05, 0.1) is 12.6 Å². The second-order valence-electron chi connectivity index (χ2n) is 4.92. The summed E-state index contributed by atoms with van der Waals surface area (Å²) >= 11 is 5.86. The Kier molecular flexibility index (Phi) is 4.29. The van der Waals surface area contributed by atoms with Crippen LogP contribution in [-0.4, -0.2) is 13.2 Å². The van der Waals surface area contributed by atoms with Crippen molar-refractivity contribution in [2.45, 2.75) is 12.5 Å². The molecule has 4 nitrogen and oxygen atoms in total. The van der Waals surface area contributed by atoms with Crippen molar-refractivity contribution >= 4 is 11.6 Å². The summed E-state index contributed by atoms with van der Waals surface area (Å²) in [5.74, 6) is 7.37. The van der Waals surface area contributed by atoms with Crippen LogP contribution in [0.25, 0.3) is 0 Å². The molecule has 3 N–H and O–H groups in total. The van der Waals surface area contributed by atoms with E-state index in [9.17, 15) is 0 Å². The van der Waals surface area contributed by atoms with E-state index in [2.05, 4.69) is 11.5 Å². The predicted molar refractivity (Wildman–Crippen MR) is 82.7 cm³/mol. The van der Waals surface area contributed by atoms with E-state index < -0.39 is 0 Å². The maximum Gasteiger partial charge on any atom is 0.127 e. The fourth-order valence-corrected chi connectivity index (χ4v) is 2.58. The predicted octanol–water partition coefficient (Wildman–Crippen LogP) is 2.86. The SMILES string of the molecule is NNC(COc1ccc(Cl)cc1)c1cccc2c1OCC2. The molecule has 2 aromatic carbocycles. The van der Waals surface area contributed by atoms with E-state index in [1.165, 1.54) is 5.56 Å². The lowest BCUT2D eigenvalue weighted by Crippen LogP contribution is -2.32. The Bertz CT molecular complexity index is 616. The van der Waals surface area contributed by atoms with Crippen molar-refractivity contribution in [1.29, 1.82) is 0 Å². The zero-order chi connectivity index (χ0) is 14.7. The van der Waals surface area contributed by atoms with Gasteiger partial charge in [-0.25, -0.2) is 5.43 Å². The van der Waals surface area contributed by atoms with E-state index in [-0.39, 0.29) is 6.04 Å². The van der Waals surface area contributed by atoms with Gasteiger partial charge in [-0.15, -0.1) is 0 Å². The lowest BCUT2D eigenvalue weighted by Gasteiger charge is -2.19. The molecule has 110 valence electrons. The number of hydrogen-bond acceptors (Lipinski definition) is 4. The fourth-order valence-electron chi connectivity index (χ4n) is 2.45. The van der Waals surface area contributed by atoms with Crippen molar-refractivity contribution in [3.05, 3.63) is 58.6 Å². The number of fused-ring (bicyclic) bond motifs is 1. The molecule has 0 fully saturated rings. The minimum atomic E-state index is -0.131. The molecule has 1 aliphatic heterocycles. The van der Waals surface area contributed by atoms with Crippen molar-refractivity contribution in [1.82, 2.24) is 5.43 Å². The van der Waals surface area contributed by atoms with Gasteiger partial charge in [0, 0.05) is 17.0 Å². The van der Waals surface area contributed by atoms with Gasteiger partial charge in [-0.3, -0.25) is 5.84 Å². The Labute approximate surface area is 128 Å². The molecule has 2 aromatic rings. The molecule has 5 heteroatoms. The highest BCUT2D eigenvalue weighted by Gasteiger charge is 2.21. The number of nitrogens with one attached hydrogen (secondary N) is 1. The summed E-state index contributed by atoms with van der Waals surface area (Å²) in [5.41, 5.74) is 5.05. The zero-order valence-electron chi connectivity index (χ0n) is 11.5. The third kappa shape index (κ3) is 3.13.